The second kappa shape index (κ2) is 6.58. The Morgan fingerprint density at radius 1 is 1.09 bits per heavy atom. The molecule has 5 heteroatoms. The average Bonchev–Trinajstić information content (AvgIpc) is 2.55. The van der Waals surface area contributed by atoms with Crippen molar-refractivity contribution in [2.75, 3.05) is 0 Å². The molecule has 2 heterocycles. The molecule has 0 bridgehead atoms. The summed E-state index contributed by atoms with van der Waals surface area (Å²) in [6.45, 7) is 0.435. The molecule has 3 aromatic rings. The molecule has 0 N–H and O–H groups in total. The SMILES string of the molecule is O=c1cc(OCc2ccccc2)ccn1-c1ccc(Br)nc1. The Balaban J connectivity index is 1.77. The van der Waals surface area contributed by atoms with E-state index in [1.807, 2.05) is 36.4 Å². The van der Waals surface area contributed by atoms with Crippen LogP contribution in [0.15, 0.2) is 76.4 Å². The fourth-order valence-corrected chi connectivity index (χ4v) is 2.25. The van der Waals surface area contributed by atoms with Crippen molar-refractivity contribution in [1.82, 2.24) is 9.55 Å². The molecule has 2 aromatic heterocycles. The third kappa shape index (κ3) is 3.43. The summed E-state index contributed by atoms with van der Waals surface area (Å²) in [7, 11) is 0. The molecule has 4 nitrogen and oxygen atoms in total. The van der Waals surface area contributed by atoms with Crippen LogP contribution < -0.4 is 10.3 Å². The van der Waals surface area contributed by atoms with Gasteiger partial charge in [0.05, 0.1) is 11.9 Å². The van der Waals surface area contributed by atoms with E-state index in [9.17, 15) is 4.79 Å². The summed E-state index contributed by atoms with van der Waals surface area (Å²) in [5, 5.41) is 0. The van der Waals surface area contributed by atoms with Gasteiger partial charge in [-0.1, -0.05) is 30.3 Å². The summed E-state index contributed by atoms with van der Waals surface area (Å²) in [5.74, 6) is 0.551. The molecule has 0 aliphatic carbocycles. The number of nitrogens with zero attached hydrogens (tertiary/aromatic N) is 2. The van der Waals surface area contributed by atoms with Crippen LogP contribution in [0.5, 0.6) is 5.75 Å². The minimum absolute atomic E-state index is 0.158. The zero-order valence-electron chi connectivity index (χ0n) is 11.6. The summed E-state index contributed by atoms with van der Waals surface area (Å²) >= 11 is 3.27. The molecular formula is C17H13BrN2O2. The van der Waals surface area contributed by atoms with Crippen molar-refractivity contribution in [1.29, 1.82) is 0 Å². The summed E-state index contributed by atoms with van der Waals surface area (Å²) < 4.78 is 7.90. The van der Waals surface area contributed by atoms with E-state index in [1.54, 1.807) is 24.5 Å². The lowest BCUT2D eigenvalue weighted by molar-refractivity contribution is 0.305. The maximum absolute atomic E-state index is 12.2. The van der Waals surface area contributed by atoms with E-state index in [1.165, 1.54) is 10.6 Å². The molecule has 3 rings (SSSR count). The fraction of sp³-hybridized carbons (Fsp3) is 0.0588. The second-order valence-electron chi connectivity index (χ2n) is 4.68. The lowest BCUT2D eigenvalue weighted by Crippen LogP contribution is -2.16. The Labute approximate surface area is 136 Å². The van der Waals surface area contributed by atoms with E-state index in [-0.39, 0.29) is 5.56 Å². The van der Waals surface area contributed by atoms with E-state index >= 15 is 0 Å². The van der Waals surface area contributed by atoms with Gasteiger partial charge in [-0.25, -0.2) is 4.98 Å². The van der Waals surface area contributed by atoms with Gasteiger partial charge in [0, 0.05) is 12.3 Å². The van der Waals surface area contributed by atoms with Crippen LogP contribution in [0.4, 0.5) is 0 Å². The van der Waals surface area contributed by atoms with E-state index in [4.69, 9.17) is 4.74 Å². The van der Waals surface area contributed by atoms with Crippen LogP contribution in [0.25, 0.3) is 5.69 Å². The molecule has 0 aliphatic heterocycles. The molecule has 0 radical (unpaired) electrons. The third-order valence-electron chi connectivity index (χ3n) is 3.13. The van der Waals surface area contributed by atoms with Crippen molar-refractivity contribution in [2.45, 2.75) is 6.61 Å². The van der Waals surface area contributed by atoms with Crippen molar-refractivity contribution in [2.24, 2.45) is 0 Å². The van der Waals surface area contributed by atoms with Crippen molar-refractivity contribution < 1.29 is 4.74 Å². The highest BCUT2D eigenvalue weighted by Crippen LogP contribution is 2.13. The van der Waals surface area contributed by atoms with Gasteiger partial charge in [0.15, 0.2) is 0 Å². The first-order valence-electron chi connectivity index (χ1n) is 6.74. The fourth-order valence-electron chi connectivity index (χ4n) is 2.02. The lowest BCUT2D eigenvalue weighted by Gasteiger charge is -2.09. The molecule has 0 unspecified atom stereocenters. The molecule has 1 aromatic carbocycles. The number of ether oxygens (including phenoxy) is 1. The van der Waals surface area contributed by atoms with Crippen molar-refractivity contribution >= 4 is 15.9 Å². The smallest absolute Gasteiger partial charge is 0.258 e. The van der Waals surface area contributed by atoms with Crippen LogP contribution >= 0.6 is 15.9 Å². The standard InChI is InChI=1S/C17H13BrN2O2/c18-16-7-6-14(11-19-16)20-9-8-15(10-17(20)21)22-12-13-4-2-1-3-5-13/h1-11H,12H2. The summed E-state index contributed by atoms with van der Waals surface area (Å²) in [6.07, 6.45) is 3.32. The number of hydrogen-bond donors (Lipinski definition) is 0. The molecular weight excluding hydrogens is 344 g/mol. The molecule has 0 spiro atoms. The normalized spacial score (nSPS) is 10.4. The topological polar surface area (TPSA) is 44.1 Å². The van der Waals surface area contributed by atoms with Crippen molar-refractivity contribution in [3.05, 3.63) is 87.5 Å². The highest BCUT2D eigenvalue weighted by atomic mass is 79.9. The molecule has 0 saturated heterocycles. The highest BCUT2D eigenvalue weighted by molar-refractivity contribution is 9.10. The number of rotatable bonds is 4. The third-order valence-corrected chi connectivity index (χ3v) is 3.60. The van der Waals surface area contributed by atoms with Gasteiger partial charge in [-0.05, 0) is 39.7 Å². The summed E-state index contributed by atoms with van der Waals surface area (Å²) in [6, 6.07) is 16.7. The Hall–Kier alpha value is -2.40. The van der Waals surface area contributed by atoms with E-state index in [0.29, 0.717) is 18.0 Å². The molecule has 0 fully saturated rings. The zero-order valence-corrected chi connectivity index (χ0v) is 13.2. The van der Waals surface area contributed by atoms with Gasteiger partial charge in [-0.15, -0.1) is 0 Å². The molecule has 0 aliphatic rings. The van der Waals surface area contributed by atoms with Gasteiger partial charge in [0.1, 0.15) is 17.0 Å². The maximum Gasteiger partial charge on any atom is 0.258 e. The Morgan fingerprint density at radius 2 is 1.91 bits per heavy atom. The van der Waals surface area contributed by atoms with Gasteiger partial charge in [0.25, 0.3) is 5.56 Å². The van der Waals surface area contributed by atoms with Crippen molar-refractivity contribution in [3.8, 4) is 11.4 Å². The molecule has 0 amide bonds. The monoisotopic (exact) mass is 356 g/mol. The summed E-state index contributed by atoms with van der Waals surface area (Å²) in [4.78, 5) is 16.3. The van der Waals surface area contributed by atoms with E-state index < -0.39 is 0 Å². The van der Waals surface area contributed by atoms with Crippen LogP contribution in [0, 0.1) is 0 Å². The van der Waals surface area contributed by atoms with Crippen LogP contribution in [0.2, 0.25) is 0 Å². The van der Waals surface area contributed by atoms with Crippen LogP contribution in [-0.4, -0.2) is 9.55 Å². The Bertz CT molecular complexity index is 814. The number of benzene rings is 1. The van der Waals surface area contributed by atoms with E-state index in [0.717, 1.165) is 10.2 Å². The van der Waals surface area contributed by atoms with E-state index in [2.05, 4.69) is 20.9 Å². The maximum atomic E-state index is 12.2. The first-order valence-corrected chi connectivity index (χ1v) is 7.53. The predicted octanol–water partition coefficient (Wildman–Crippen LogP) is 3.57. The van der Waals surface area contributed by atoms with Crippen LogP contribution in [0.3, 0.4) is 0 Å². The highest BCUT2D eigenvalue weighted by Gasteiger charge is 2.03. The summed E-state index contributed by atoms with van der Waals surface area (Å²) in [5.41, 5.74) is 1.61. The Morgan fingerprint density at radius 3 is 2.59 bits per heavy atom. The first-order chi connectivity index (χ1) is 10.7. The number of halogens is 1. The second-order valence-corrected chi connectivity index (χ2v) is 5.50. The van der Waals surface area contributed by atoms with Crippen LogP contribution in [0.1, 0.15) is 5.56 Å². The van der Waals surface area contributed by atoms with Crippen molar-refractivity contribution in [3.63, 3.8) is 0 Å². The minimum atomic E-state index is -0.158. The molecule has 0 atom stereocenters. The van der Waals surface area contributed by atoms with Crippen LogP contribution in [-0.2, 0) is 6.61 Å². The van der Waals surface area contributed by atoms with Gasteiger partial charge in [-0.2, -0.15) is 0 Å². The number of pyridine rings is 2. The molecule has 110 valence electrons. The van der Waals surface area contributed by atoms with Gasteiger partial charge in [-0.3, -0.25) is 9.36 Å². The first kappa shape index (κ1) is 14.5. The molecule has 0 saturated carbocycles. The van der Waals surface area contributed by atoms with Gasteiger partial charge < -0.3 is 4.74 Å². The Kier molecular flexibility index (Phi) is 4.34. The lowest BCUT2D eigenvalue weighted by atomic mass is 10.2. The largest absolute Gasteiger partial charge is 0.489 e. The number of hydrogen-bond acceptors (Lipinski definition) is 3. The predicted molar refractivity (Wildman–Crippen MR) is 88.3 cm³/mol. The number of aromatic nitrogens is 2. The van der Waals surface area contributed by atoms with Gasteiger partial charge in [0.2, 0.25) is 0 Å². The quantitative estimate of drug-likeness (QED) is 0.671. The minimum Gasteiger partial charge on any atom is -0.489 e. The average molecular weight is 357 g/mol. The van der Waals surface area contributed by atoms with Gasteiger partial charge >= 0.3 is 0 Å². The molecule has 22 heavy (non-hydrogen) atoms. The zero-order chi connectivity index (χ0) is 15.4.